The number of hydrogen-bond acceptors (Lipinski definition) is 3. The zero-order valence-corrected chi connectivity index (χ0v) is 12.5. The molecule has 0 saturated carbocycles. The van der Waals surface area contributed by atoms with Crippen molar-refractivity contribution in [2.45, 2.75) is 38.6 Å². The zero-order chi connectivity index (χ0) is 14.4. The van der Waals surface area contributed by atoms with Gasteiger partial charge in [0.05, 0.1) is 11.6 Å². The molecule has 2 rings (SSSR count). The lowest BCUT2D eigenvalue weighted by Crippen LogP contribution is -2.27. The van der Waals surface area contributed by atoms with Crippen LogP contribution in [-0.2, 0) is 4.79 Å². The van der Waals surface area contributed by atoms with Gasteiger partial charge in [0.2, 0.25) is 5.91 Å². The lowest BCUT2D eigenvalue weighted by atomic mass is 10.1. The lowest BCUT2D eigenvalue weighted by molar-refractivity contribution is -0.116. The average Bonchev–Trinajstić information content (AvgIpc) is 2.90. The Labute approximate surface area is 124 Å². The highest BCUT2D eigenvalue weighted by atomic mass is 35.5. The summed E-state index contributed by atoms with van der Waals surface area (Å²) in [6.07, 6.45) is 3.65. The first-order valence-corrected chi connectivity index (χ1v) is 7.52. The van der Waals surface area contributed by atoms with Crippen LogP contribution in [0.1, 0.15) is 32.6 Å². The van der Waals surface area contributed by atoms with Crippen molar-refractivity contribution in [2.24, 2.45) is 0 Å². The average molecular weight is 297 g/mol. The highest BCUT2D eigenvalue weighted by Crippen LogP contribution is 2.28. The summed E-state index contributed by atoms with van der Waals surface area (Å²) in [7, 11) is 0. The second kappa shape index (κ2) is 7.50. The molecule has 0 spiro atoms. The van der Waals surface area contributed by atoms with Gasteiger partial charge in [-0.25, -0.2) is 0 Å². The van der Waals surface area contributed by atoms with Gasteiger partial charge in [-0.2, -0.15) is 0 Å². The molecule has 1 amide bonds. The Kier molecular flexibility index (Phi) is 5.68. The Balaban J connectivity index is 1.88. The van der Waals surface area contributed by atoms with Crippen LogP contribution in [0, 0.1) is 0 Å². The van der Waals surface area contributed by atoms with E-state index in [-0.39, 0.29) is 5.91 Å². The van der Waals surface area contributed by atoms with Crippen LogP contribution in [0.25, 0.3) is 0 Å². The predicted molar refractivity (Wildman–Crippen MR) is 81.5 cm³/mol. The van der Waals surface area contributed by atoms with Crippen LogP contribution in [0.5, 0.6) is 5.75 Å². The molecular formula is C15H21ClN2O2. The van der Waals surface area contributed by atoms with E-state index >= 15 is 0 Å². The minimum Gasteiger partial charge on any atom is -0.492 e. The van der Waals surface area contributed by atoms with Gasteiger partial charge in [-0.05, 0) is 44.0 Å². The summed E-state index contributed by atoms with van der Waals surface area (Å²) < 4.78 is 5.50. The molecule has 5 heteroatoms. The summed E-state index contributed by atoms with van der Waals surface area (Å²) in [5, 5.41) is 6.71. The van der Waals surface area contributed by atoms with Crippen molar-refractivity contribution in [1.29, 1.82) is 0 Å². The van der Waals surface area contributed by atoms with Crippen LogP contribution >= 0.6 is 11.6 Å². The lowest BCUT2D eigenvalue weighted by Gasteiger charge is -2.12. The molecule has 0 aliphatic carbocycles. The summed E-state index contributed by atoms with van der Waals surface area (Å²) >= 11 is 6.13. The maximum atomic E-state index is 11.9. The molecule has 110 valence electrons. The molecule has 20 heavy (non-hydrogen) atoms. The van der Waals surface area contributed by atoms with Crippen molar-refractivity contribution >= 4 is 23.2 Å². The van der Waals surface area contributed by atoms with Crippen LogP contribution in [0.2, 0.25) is 5.02 Å². The Bertz CT molecular complexity index is 459. The predicted octanol–water partition coefficient (Wildman–Crippen LogP) is 3.21. The van der Waals surface area contributed by atoms with E-state index in [2.05, 4.69) is 10.6 Å². The van der Waals surface area contributed by atoms with E-state index < -0.39 is 0 Å². The van der Waals surface area contributed by atoms with E-state index in [4.69, 9.17) is 16.3 Å². The Hall–Kier alpha value is -1.26. The maximum Gasteiger partial charge on any atom is 0.225 e. The van der Waals surface area contributed by atoms with Crippen LogP contribution in [0.15, 0.2) is 18.2 Å². The molecule has 1 fully saturated rings. The Morgan fingerprint density at radius 2 is 2.40 bits per heavy atom. The standard InChI is InChI=1S/C15H21ClN2O2/c1-2-8-20-14-6-5-12(9-13(14)16)18-15(19)10-11-4-3-7-17-11/h5-6,9,11,17H,2-4,7-8,10H2,1H3,(H,18,19). The number of carbonyl (C=O) groups excluding carboxylic acids is 1. The summed E-state index contributed by atoms with van der Waals surface area (Å²) in [5.41, 5.74) is 0.710. The smallest absolute Gasteiger partial charge is 0.225 e. The minimum atomic E-state index is 0.0164. The summed E-state index contributed by atoms with van der Waals surface area (Å²) in [6, 6.07) is 5.64. The number of rotatable bonds is 6. The number of amides is 1. The van der Waals surface area contributed by atoms with Crippen molar-refractivity contribution in [1.82, 2.24) is 5.32 Å². The number of benzene rings is 1. The SMILES string of the molecule is CCCOc1ccc(NC(=O)CC2CCCN2)cc1Cl. The van der Waals surface area contributed by atoms with E-state index in [9.17, 15) is 4.79 Å². The minimum absolute atomic E-state index is 0.0164. The number of anilines is 1. The van der Waals surface area contributed by atoms with Crippen LogP contribution in [0.4, 0.5) is 5.69 Å². The quantitative estimate of drug-likeness (QED) is 0.847. The highest BCUT2D eigenvalue weighted by Gasteiger charge is 2.17. The molecule has 0 bridgehead atoms. The maximum absolute atomic E-state index is 11.9. The second-order valence-corrected chi connectivity index (χ2v) is 5.45. The van der Waals surface area contributed by atoms with Gasteiger partial charge in [-0.3, -0.25) is 4.79 Å². The zero-order valence-electron chi connectivity index (χ0n) is 11.7. The molecule has 0 radical (unpaired) electrons. The van der Waals surface area contributed by atoms with Crippen LogP contribution in [0.3, 0.4) is 0 Å². The number of carbonyl (C=O) groups is 1. The summed E-state index contributed by atoms with van der Waals surface area (Å²) in [6.45, 7) is 3.69. The molecule has 1 aromatic rings. The molecular weight excluding hydrogens is 276 g/mol. The summed E-state index contributed by atoms with van der Waals surface area (Å²) in [4.78, 5) is 11.9. The number of ether oxygens (including phenoxy) is 1. The van der Waals surface area contributed by atoms with E-state index in [1.54, 1.807) is 12.1 Å². The third-order valence-corrected chi connectivity index (χ3v) is 3.57. The molecule has 1 atom stereocenters. The van der Waals surface area contributed by atoms with Gasteiger partial charge in [0.15, 0.2) is 0 Å². The fourth-order valence-corrected chi connectivity index (χ4v) is 2.51. The van der Waals surface area contributed by atoms with E-state index in [0.29, 0.717) is 35.5 Å². The number of nitrogens with one attached hydrogen (secondary N) is 2. The fourth-order valence-electron chi connectivity index (χ4n) is 2.27. The van der Waals surface area contributed by atoms with E-state index in [1.807, 2.05) is 13.0 Å². The molecule has 2 N–H and O–H groups in total. The fraction of sp³-hybridized carbons (Fsp3) is 0.533. The summed E-state index contributed by atoms with van der Waals surface area (Å²) in [5.74, 6) is 0.673. The van der Waals surface area contributed by atoms with Gasteiger partial charge in [-0.1, -0.05) is 18.5 Å². The third kappa shape index (κ3) is 4.39. The topological polar surface area (TPSA) is 50.4 Å². The largest absolute Gasteiger partial charge is 0.492 e. The van der Waals surface area contributed by atoms with Crippen molar-refractivity contribution in [3.8, 4) is 5.75 Å². The van der Waals surface area contributed by atoms with Gasteiger partial charge in [0.1, 0.15) is 5.75 Å². The van der Waals surface area contributed by atoms with Crippen molar-refractivity contribution < 1.29 is 9.53 Å². The molecule has 1 heterocycles. The first-order valence-electron chi connectivity index (χ1n) is 7.14. The first kappa shape index (κ1) is 15.1. The van der Waals surface area contributed by atoms with Crippen molar-refractivity contribution in [2.75, 3.05) is 18.5 Å². The number of halogens is 1. The van der Waals surface area contributed by atoms with Gasteiger partial charge in [0.25, 0.3) is 0 Å². The van der Waals surface area contributed by atoms with Crippen molar-refractivity contribution in [3.05, 3.63) is 23.2 Å². The van der Waals surface area contributed by atoms with Crippen molar-refractivity contribution in [3.63, 3.8) is 0 Å². The Morgan fingerprint density at radius 1 is 1.55 bits per heavy atom. The van der Waals surface area contributed by atoms with Gasteiger partial charge < -0.3 is 15.4 Å². The van der Waals surface area contributed by atoms with E-state index in [0.717, 1.165) is 25.8 Å². The van der Waals surface area contributed by atoms with Gasteiger partial charge in [0, 0.05) is 18.2 Å². The monoisotopic (exact) mass is 296 g/mol. The van der Waals surface area contributed by atoms with Gasteiger partial charge >= 0.3 is 0 Å². The molecule has 1 aliphatic rings. The van der Waals surface area contributed by atoms with E-state index in [1.165, 1.54) is 0 Å². The first-order chi connectivity index (χ1) is 9.69. The molecule has 1 aromatic carbocycles. The normalized spacial score (nSPS) is 18.0. The third-order valence-electron chi connectivity index (χ3n) is 3.27. The molecule has 1 aliphatic heterocycles. The van der Waals surface area contributed by atoms with Gasteiger partial charge in [-0.15, -0.1) is 0 Å². The molecule has 0 aromatic heterocycles. The van der Waals surface area contributed by atoms with Crippen LogP contribution < -0.4 is 15.4 Å². The molecule has 1 saturated heterocycles. The Morgan fingerprint density at radius 3 is 3.05 bits per heavy atom. The molecule has 4 nitrogen and oxygen atoms in total. The number of hydrogen-bond donors (Lipinski definition) is 2. The molecule has 1 unspecified atom stereocenters. The second-order valence-electron chi connectivity index (χ2n) is 5.04. The van der Waals surface area contributed by atoms with Crippen LogP contribution in [-0.4, -0.2) is 25.1 Å². The highest BCUT2D eigenvalue weighted by molar-refractivity contribution is 6.32.